The number of fused-ring (bicyclic) bond motifs is 1. The average Bonchev–Trinajstić information content (AvgIpc) is 3.21. The highest BCUT2D eigenvalue weighted by molar-refractivity contribution is 7.16. The van der Waals surface area contributed by atoms with Gasteiger partial charge in [0.15, 0.2) is 5.01 Å². The summed E-state index contributed by atoms with van der Waals surface area (Å²) in [7, 11) is 0. The number of esters is 1. The maximum Gasteiger partial charge on any atom is 0.308 e. The summed E-state index contributed by atoms with van der Waals surface area (Å²) in [5, 5.41) is 7.78. The summed E-state index contributed by atoms with van der Waals surface area (Å²) in [5.41, 5.74) is 1.36. The maximum absolute atomic E-state index is 12.8. The molecule has 168 valence electrons. The van der Waals surface area contributed by atoms with E-state index in [1.54, 1.807) is 31.2 Å². The number of hydrogen-bond acceptors (Lipinski definition) is 7. The van der Waals surface area contributed by atoms with Gasteiger partial charge in [-0.05, 0) is 24.6 Å². The molecule has 0 fully saturated rings. The number of amides is 1. The first-order valence-corrected chi connectivity index (χ1v) is 11.2. The van der Waals surface area contributed by atoms with Crippen molar-refractivity contribution in [3.05, 3.63) is 97.9 Å². The quantitative estimate of drug-likeness (QED) is 0.403. The van der Waals surface area contributed by atoms with Gasteiger partial charge in [0.2, 0.25) is 4.96 Å². The first-order valence-electron chi connectivity index (χ1n) is 10.0. The van der Waals surface area contributed by atoms with Gasteiger partial charge < -0.3 is 10.1 Å². The van der Waals surface area contributed by atoms with E-state index < -0.39 is 17.9 Å². The third-order valence-electron chi connectivity index (χ3n) is 4.77. The van der Waals surface area contributed by atoms with Crippen LogP contribution < -0.4 is 10.9 Å². The largest absolute Gasteiger partial charge is 0.458 e. The second-order valence-electron chi connectivity index (χ2n) is 7.21. The van der Waals surface area contributed by atoms with E-state index in [0.29, 0.717) is 26.2 Å². The molecule has 1 atom stereocenters. The van der Waals surface area contributed by atoms with Crippen LogP contribution in [0.2, 0.25) is 5.02 Å². The van der Waals surface area contributed by atoms with Crippen molar-refractivity contribution in [1.82, 2.24) is 19.9 Å². The molecule has 2 heterocycles. The van der Waals surface area contributed by atoms with Crippen molar-refractivity contribution in [3.8, 4) is 0 Å². The number of benzene rings is 2. The highest BCUT2D eigenvalue weighted by Gasteiger charge is 2.21. The molecule has 0 saturated heterocycles. The molecule has 0 spiro atoms. The highest BCUT2D eigenvalue weighted by Crippen LogP contribution is 2.21. The van der Waals surface area contributed by atoms with Crippen LogP contribution in [-0.4, -0.2) is 26.5 Å². The molecular formula is C23H19ClN4O4S. The summed E-state index contributed by atoms with van der Waals surface area (Å²) >= 11 is 7.31. The summed E-state index contributed by atoms with van der Waals surface area (Å²) in [6.45, 7) is 1.62. The van der Waals surface area contributed by atoms with E-state index in [0.717, 1.165) is 5.56 Å². The zero-order chi connectivity index (χ0) is 23.4. The van der Waals surface area contributed by atoms with E-state index in [1.165, 1.54) is 21.9 Å². The minimum atomic E-state index is -0.621. The number of nitrogens with one attached hydrogen (secondary N) is 1. The molecule has 4 rings (SSSR count). The lowest BCUT2D eigenvalue weighted by atomic mass is 10.0. The predicted octanol–water partition coefficient (Wildman–Crippen LogP) is 3.72. The molecule has 4 aromatic rings. The van der Waals surface area contributed by atoms with Crippen LogP contribution in [0.1, 0.15) is 39.1 Å². The van der Waals surface area contributed by atoms with Crippen LogP contribution in [0.4, 0.5) is 0 Å². The molecule has 0 radical (unpaired) electrons. The van der Waals surface area contributed by atoms with Gasteiger partial charge >= 0.3 is 5.97 Å². The Morgan fingerprint density at radius 3 is 2.64 bits per heavy atom. The number of aryl methyl sites for hydroxylation is 1. The van der Waals surface area contributed by atoms with Gasteiger partial charge in [-0.15, -0.1) is 0 Å². The lowest BCUT2D eigenvalue weighted by Crippen LogP contribution is -2.30. The van der Waals surface area contributed by atoms with Crippen molar-refractivity contribution < 1.29 is 14.3 Å². The van der Waals surface area contributed by atoms with E-state index >= 15 is 0 Å². The lowest BCUT2D eigenvalue weighted by Gasteiger charge is -2.19. The zero-order valence-electron chi connectivity index (χ0n) is 17.5. The molecule has 33 heavy (non-hydrogen) atoms. The first-order chi connectivity index (χ1) is 15.9. The Bertz CT molecular complexity index is 1370. The van der Waals surface area contributed by atoms with Crippen molar-refractivity contribution in [1.29, 1.82) is 0 Å². The number of halogens is 1. The third-order valence-corrected chi connectivity index (χ3v) is 5.98. The molecule has 0 saturated carbocycles. The number of rotatable bonds is 7. The van der Waals surface area contributed by atoms with Crippen LogP contribution in [0.3, 0.4) is 0 Å². The fourth-order valence-corrected chi connectivity index (χ4v) is 4.28. The van der Waals surface area contributed by atoms with E-state index in [2.05, 4.69) is 15.4 Å². The molecule has 8 nitrogen and oxygen atoms in total. The number of ether oxygens (including phenoxy) is 1. The standard InChI is InChI=1S/C23H19ClN4O4S/c1-14-11-20(29)28-23(25-14)33-19(27-28)13-32-21(30)12-18(15-7-3-2-4-8-15)26-22(31)16-9-5-6-10-17(16)24/h2-11,18H,12-13H2,1H3,(H,26,31)/t18-/m0/s1. The van der Waals surface area contributed by atoms with Crippen molar-refractivity contribution in [2.45, 2.75) is 26.0 Å². The lowest BCUT2D eigenvalue weighted by molar-refractivity contribution is -0.145. The Balaban J connectivity index is 1.46. The van der Waals surface area contributed by atoms with Gasteiger partial charge in [0.05, 0.1) is 23.0 Å². The van der Waals surface area contributed by atoms with Gasteiger partial charge in [0.1, 0.15) is 6.61 Å². The van der Waals surface area contributed by atoms with Gasteiger partial charge in [0, 0.05) is 11.8 Å². The SMILES string of the molecule is Cc1cc(=O)n2nc(COC(=O)C[C@H](NC(=O)c3ccccc3Cl)c3ccccc3)sc2n1. The summed E-state index contributed by atoms with van der Waals surface area (Å²) in [4.78, 5) is 42.1. The third kappa shape index (κ3) is 5.44. The molecule has 1 amide bonds. The van der Waals surface area contributed by atoms with Gasteiger partial charge in [-0.2, -0.15) is 9.61 Å². The maximum atomic E-state index is 12.8. The molecular weight excluding hydrogens is 464 g/mol. The molecule has 2 aromatic carbocycles. The number of hydrogen-bond donors (Lipinski definition) is 1. The summed E-state index contributed by atoms with van der Waals surface area (Å²) in [6.07, 6.45) is -0.0948. The van der Waals surface area contributed by atoms with Crippen LogP contribution in [-0.2, 0) is 16.1 Å². The Morgan fingerprint density at radius 1 is 1.15 bits per heavy atom. The normalized spacial score (nSPS) is 11.8. The van der Waals surface area contributed by atoms with E-state index in [4.69, 9.17) is 16.3 Å². The minimum Gasteiger partial charge on any atom is -0.458 e. The molecule has 0 aliphatic rings. The van der Waals surface area contributed by atoms with E-state index in [-0.39, 0.29) is 18.6 Å². The Morgan fingerprint density at radius 2 is 1.88 bits per heavy atom. The van der Waals surface area contributed by atoms with Crippen LogP contribution in [0.25, 0.3) is 4.96 Å². The topological polar surface area (TPSA) is 103 Å². The first kappa shape index (κ1) is 22.6. The summed E-state index contributed by atoms with van der Waals surface area (Å²) < 4.78 is 6.56. The van der Waals surface area contributed by atoms with Gasteiger partial charge in [-0.1, -0.05) is 65.4 Å². The molecule has 1 N–H and O–H groups in total. The number of carbonyl (C=O) groups is 2. The second kappa shape index (κ2) is 9.93. The smallest absolute Gasteiger partial charge is 0.308 e. The predicted molar refractivity (Wildman–Crippen MR) is 124 cm³/mol. The average molecular weight is 483 g/mol. The highest BCUT2D eigenvalue weighted by atomic mass is 35.5. The van der Waals surface area contributed by atoms with Crippen molar-refractivity contribution in [2.75, 3.05) is 0 Å². The summed E-state index contributed by atoms with van der Waals surface area (Å²) in [6, 6.07) is 16.6. The number of nitrogens with zero attached hydrogens (tertiary/aromatic N) is 3. The monoisotopic (exact) mass is 482 g/mol. The number of carbonyl (C=O) groups excluding carboxylic acids is 2. The van der Waals surface area contributed by atoms with Gasteiger partial charge in [-0.25, -0.2) is 4.98 Å². The Labute approximate surface area is 197 Å². The fourth-order valence-electron chi connectivity index (χ4n) is 3.21. The van der Waals surface area contributed by atoms with Crippen LogP contribution in [0.5, 0.6) is 0 Å². The minimum absolute atomic E-state index is 0.0948. The molecule has 0 bridgehead atoms. The van der Waals surface area contributed by atoms with Crippen molar-refractivity contribution in [2.24, 2.45) is 0 Å². The van der Waals surface area contributed by atoms with Crippen LogP contribution in [0.15, 0.2) is 65.5 Å². The van der Waals surface area contributed by atoms with Gasteiger partial charge in [0.25, 0.3) is 11.5 Å². The van der Waals surface area contributed by atoms with E-state index in [1.807, 2.05) is 30.3 Å². The molecule has 2 aromatic heterocycles. The molecule has 0 aliphatic heterocycles. The molecule has 0 unspecified atom stereocenters. The Hall–Kier alpha value is -3.56. The van der Waals surface area contributed by atoms with Crippen molar-refractivity contribution >= 4 is 39.8 Å². The van der Waals surface area contributed by atoms with Crippen LogP contribution in [0, 0.1) is 6.92 Å². The van der Waals surface area contributed by atoms with Crippen LogP contribution >= 0.6 is 22.9 Å². The summed E-state index contributed by atoms with van der Waals surface area (Å²) in [5.74, 6) is -0.923. The second-order valence-corrected chi connectivity index (χ2v) is 8.66. The van der Waals surface area contributed by atoms with Crippen molar-refractivity contribution in [3.63, 3.8) is 0 Å². The molecule has 0 aliphatic carbocycles. The fraction of sp³-hybridized carbons (Fsp3) is 0.174. The number of aromatic nitrogens is 3. The zero-order valence-corrected chi connectivity index (χ0v) is 19.1. The van der Waals surface area contributed by atoms with Gasteiger partial charge in [-0.3, -0.25) is 14.4 Å². The van der Waals surface area contributed by atoms with E-state index in [9.17, 15) is 14.4 Å². The molecule has 10 heteroatoms. The Kier molecular flexibility index (Phi) is 6.81.